The Bertz CT molecular complexity index is 296. The maximum Gasteiger partial charge on any atom is 0.215 e. The minimum Gasteiger partial charge on any atom is -0.460 e. The van der Waals surface area contributed by atoms with E-state index in [1.165, 1.54) is 6.26 Å². The van der Waals surface area contributed by atoms with Gasteiger partial charge in [-0.1, -0.05) is 13.3 Å². The lowest BCUT2D eigenvalue weighted by Crippen LogP contribution is -2.30. The predicted octanol–water partition coefficient (Wildman–Crippen LogP) is 2.35. The van der Waals surface area contributed by atoms with Gasteiger partial charge in [0.25, 0.3) is 0 Å². The first-order chi connectivity index (χ1) is 6.16. The fourth-order valence-corrected chi connectivity index (χ4v) is 1.48. The molecule has 1 rings (SSSR count). The molecule has 0 fully saturated rings. The van der Waals surface area contributed by atoms with Crippen LogP contribution in [-0.2, 0) is 0 Å². The molecule has 1 aromatic rings. The summed E-state index contributed by atoms with van der Waals surface area (Å²) in [6.07, 6.45) is 3.05. The van der Waals surface area contributed by atoms with Gasteiger partial charge in [0.2, 0.25) is 5.78 Å². The van der Waals surface area contributed by atoms with E-state index in [0.717, 1.165) is 6.42 Å². The molecule has 1 unspecified atom stereocenters. The lowest BCUT2D eigenvalue weighted by molar-refractivity contribution is 0.0928. The molecule has 0 aliphatic carbocycles. The molecule has 2 N–H and O–H groups in total. The van der Waals surface area contributed by atoms with Crippen LogP contribution in [0.3, 0.4) is 0 Å². The van der Waals surface area contributed by atoms with Crippen molar-refractivity contribution in [2.24, 2.45) is 5.73 Å². The molecule has 0 amide bonds. The number of halogens is 1. The van der Waals surface area contributed by atoms with Crippen LogP contribution in [0, 0.1) is 0 Å². The number of carbonyl (C=O) groups excluding carboxylic acids is 1. The third kappa shape index (κ3) is 2.42. The molecule has 1 atom stereocenters. The van der Waals surface area contributed by atoms with E-state index in [-0.39, 0.29) is 5.78 Å². The largest absolute Gasteiger partial charge is 0.460 e. The Hall–Kier alpha value is -0.610. The molecule has 0 aliphatic rings. The van der Waals surface area contributed by atoms with Crippen LogP contribution >= 0.6 is 15.9 Å². The van der Waals surface area contributed by atoms with Crippen molar-refractivity contribution >= 4 is 21.7 Å². The Morgan fingerprint density at radius 3 is 2.92 bits per heavy atom. The topological polar surface area (TPSA) is 56.2 Å². The highest BCUT2D eigenvalue weighted by molar-refractivity contribution is 9.10. The Balaban J connectivity index is 2.73. The van der Waals surface area contributed by atoms with Gasteiger partial charge in [-0.2, -0.15) is 0 Å². The van der Waals surface area contributed by atoms with E-state index < -0.39 is 6.04 Å². The summed E-state index contributed by atoms with van der Waals surface area (Å²) in [6.45, 7) is 1.99. The molecule has 0 aromatic carbocycles. The summed E-state index contributed by atoms with van der Waals surface area (Å²) < 4.78 is 5.69. The minimum absolute atomic E-state index is 0.140. The summed E-state index contributed by atoms with van der Waals surface area (Å²) in [5, 5.41) is 0. The van der Waals surface area contributed by atoms with E-state index in [1.807, 2.05) is 6.92 Å². The van der Waals surface area contributed by atoms with Gasteiger partial charge in [0.15, 0.2) is 5.76 Å². The molecule has 0 aliphatic heterocycles. The van der Waals surface area contributed by atoms with Gasteiger partial charge in [-0.05, 0) is 28.4 Å². The van der Waals surface area contributed by atoms with Crippen LogP contribution in [0.2, 0.25) is 0 Å². The first-order valence-corrected chi connectivity index (χ1v) is 4.99. The molecule has 13 heavy (non-hydrogen) atoms. The van der Waals surface area contributed by atoms with E-state index in [1.54, 1.807) is 6.07 Å². The van der Waals surface area contributed by atoms with Crippen LogP contribution in [-0.4, -0.2) is 11.8 Å². The lowest BCUT2D eigenvalue weighted by atomic mass is 10.1. The summed E-state index contributed by atoms with van der Waals surface area (Å²) in [4.78, 5) is 11.6. The summed E-state index contributed by atoms with van der Waals surface area (Å²) in [7, 11) is 0. The number of rotatable bonds is 4. The molecular formula is C9H12BrNO2. The number of nitrogens with two attached hydrogens (primary N) is 1. The quantitative estimate of drug-likeness (QED) is 0.829. The highest BCUT2D eigenvalue weighted by atomic mass is 79.9. The third-order valence-electron chi connectivity index (χ3n) is 1.78. The molecule has 0 saturated carbocycles. The van der Waals surface area contributed by atoms with Crippen LogP contribution in [0.15, 0.2) is 21.2 Å². The summed E-state index contributed by atoms with van der Waals surface area (Å²) in [5.41, 5.74) is 5.66. The molecule has 0 bridgehead atoms. The van der Waals surface area contributed by atoms with Crippen LogP contribution < -0.4 is 5.73 Å². The highest BCUT2D eigenvalue weighted by Gasteiger charge is 2.20. The van der Waals surface area contributed by atoms with Crippen molar-refractivity contribution in [2.75, 3.05) is 0 Å². The molecule has 4 heteroatoms. The van der Waals surface area contributed by atoms with Gasteiger partial charge in [-0.25, -0.2) is 0 Å². The van der Waals surface area contributed by atoms with Gasteiger partial charge in [-0.3, -0.25) is 4.79 Å². The first kappa shape index (κ1) is 10.5. The van der Waals surface area contributed by atoms with E-state index in [2.05, 4.69) is 15.9 Å². The highest BCUT2D eigenvalue weighted by Crippen LogP contribution is 2.19. The Morgan fingerprint density at radius 2 is 2.46 bits per heavy atom. The number of carbonyl (C=O) groups is 1. The molecule has 1 aromatic heterocycles. The second kappa shape index (κ2) is 4.58. The minimum atomic E-state index is -0.451. The van der Waals surface area contributed by atoms with Gasteiger partial charge < -0.3 is 10.2 Å². The van der Waals surface area contributed by atoms with Crippen LogP contribution in [0.4, 0.5) is 0 Å². The van der Waals surface area contributed by atoms with E-state index in [4.69, 9.17) is 10.2 Å². The van der Waals surface area contributed by atoms with E-state index >= 15 is 0 Å². The molecule has 72 valence electrons. The van der Waals surface area contributed by atoms with Gasteiger partial charge in [-0.15, -0.1) is 0 Å². The number of hydrogen-bond donors (Lipinski definition) is 1. The fraction of sp³-hybridized carbons (Fsp3) is 0.444. The zero-order valence-corrected chi connectivity index (χ0v) is 9.00. The molecular weight excluding hydrogens is 234 g/mol. The standard InChI is InChI=1S/C9H12BrNO2/c1-2-3-7(11)8(12)9-6(10)4-5-13-9/h4-5,7H,2-3,11H2,1H3. The van der Waals surface area contributed by atoms with E-state index in [9.17, 15) is 4.79 Å². The summed E-state index contributed by atoms with van der Waals surface area (Å²) in [6, 6.07) is 1.23. The summed E-state index contributed by atoms with van der Waals surface area (Å²) >= 11 is 3.22. The summed E-state index contributed by atoms with van der Waals surface area (Å²) in [5.74, 6) is 0.180. The second-order valence-corrected chi connectivity index (χ2v) is 3.71. The Kier molecular flexibility index (Phi) is 3.69. The van der Waals surface area contributed by atoms with Crippen LogP contribution in [0.1, 0.15) is 30.3 Å². The van der Waals surface area contributed by atoms with E-state index in [0.29, 0.717) is 16.7 Å². The molecule has 1 heterocycles. The normalized spacial score (nSPS) is 12.8. The fourth-order valence-electron chi connectivity index (χ4n) is 1.08. The molecule has 0 saturated heterocycles. The monoisotopic (exact) mass is 245 g/mol. The smallest absolute Gasteiger partial charge is 0.215 e. The number of furan rings is 1. The van der Waals surface area contributed by atoms with Gasteiger partial charge in [0, 0.05) is 0 Å². The van der Waals surface area contributed by atoms with Crippen LogP contribution in [0.5, 0.6) is 0 Å². The van der Waals surface area contributed by atoms with Crippen molar-refractivity contribution in [2.45, 2.75) is 25.8 Å². The number of Topliss-reactive ketones (excluding diaryl/α,β-unsaturated/α-hetero) is 1. The zero-order chi connectivity index (χ0) is 9.84. The van der Waals surface area contributed by atoms with Crippen molar-refractivity contribution in [1.82, 2.24) is 0 Å². The SMILES string of the molecule is CCCC(N)C(=O)c1occc1Br. The van der Waals surface area contributed by atoms with Crippen molar-refractivity contribution < 1.29 is 9.21 Å². The van der Waals surface area contributed by atoms with Crippen molar-refractivity contribution in [3.63, 3.8) is 0 Å². The second-order valence-electron chi connectivity index (χ2n) is 2.86. The van der Waals surface area contributed by atoms with Crippen molar-refractivity contribution in [3.8, 4) is 0 Å². The van der Waals surface area contributed by atoms with Crippen molar-refractivity contribution in [3.05, 3.63) is 22.6 Å². The zero-order valence-electron chi connectivity index (χ0n) is 7.42. The van der Waals surface area contributed by atoms with Crippen LogP contribution in [0.25, 0.3) is 0 Å². The number of hydrogen-bond acceptors (Lipinski definition) is 3. The van der Waals surface area contributed by atoms with Crippen molar-refractivity contribution in [1.29, 1.82) is 0 Å². The van der Waals surface area contributed by atoms with Gasteiger partial charge in [0.05, 0.1) is 16.8 Å². The molecule has 0 radical (unpaired) electrons. The first-order valence-electron chi connectivity index (χ1n) is 4.19. The maximum absolute atomic E-state index is 11.6. The lowest BCUT2D eigenvalue weighted by Gasteiger charge is -2.06. The average molecular weight is 246 g/mol. The predicted molar refractivity (Wildman–Crippen MR) is 53.6 cm³/mol. The number of ketones is 1. The Morgan fingerprint density at radius 1 is 1.77 bits per heavy atom. The Labute approximate surface area is 85.4 Å². The average Bonchev–Trinajstić information content (AvgIpc) is 2.50. The van der Waals surface area contributed by atoms with Gasteiger partial charge in [0.1, 0.15) is 0 Å². The molecule has 3 nitrogen and oxygen atoms in total. The maximum atomic E-state index is 11.6. The molecule has 0 spiro atoms. The third-order valence-corrected chi connectivity index (χ3v) is 2.40. The van der Waals surface area contributed by atoms with Gasteiger partial charge >= 0.3 is 0 Å².